The molecule has 0 spiro atoms. The average Bonchev–Trinajstić information content (AvgIpc) is 3.44. The molecule has 1 aromatic heterocycles. The summed E-state index contributed by atoms with van der Waals surface area (Å²) in [6, 6.07) is 4.95. The number of hydrogen-bond donors (Lipinski definition) is 3. The molecule has 3 N–H and O–H groups in total. The Morgan fingerprint density at radius 2 is 2.00 bits per heavy atom. The normalized spacial score (nSPS) is 21.6. The number of nitrogens with one attached hydrogen (secondary N) is 3. The van der Waals surface area contributed by atoms with Crippen molar-refractivity contribution in [2.45, 2.75) is 56.5 Å². The summed E-state index contributed by atoms with van der Waals surface area (Å²) in [4.78, 5) is 36.6. The van der Waals surface area contributed by atoms with E-state index in [1.807, 2.05) is 0 Å². The van der Waals surface area contributed by atoms with Crippen molar-refractivity contribution in [3.8, 4) is 5.75 Å². The molecule has 1 unspecified atom stereocenters. The van der Waals surface area contributed by atoms with Crippen LogP contribution in [-0.4, -0.2) is 73.6 Å². The molecule has 0 bridgehead atoms. The number of carbonyl (C=O) groups is 2. The lowest BCUT2D eigenvalue weighted by molar-refractivity contribution is -0.140. The van der Waals surface area contributed by atoms with E-state index in [1.54, 1.807) is 23.1 Å². The van der Waals surface area contributed by atoms with Crippen LogP contribution in [0.4, 0.5) is 31.9 Å². The van der Waals surface area contributed by atoms with Gasteiger partial charge < -0.3 is 30.5 Å². The number of amides is 2. The van der Waals surface area contributed by atoms with Gasteiger partial charge >= 0.3 is 5.92 Å². The van der Waals surface area contributed by atoms with Crippen LogP contribution in [0.25, 0.3) is 0 Å². The Hall–Kier alpha value is -3.54. The fourth-order valence-corrected chi connectivity index (χ4v) is 5.40. The number of piperidine rings is 1. The molecule has 3 heterocycles. The fraction of sp³-hybridized carbons (Fsp3) is 0.538. The molecule has 2 fully saturated rings. The van der Waals surface area contributed by atoms with E-state index in [1.165, 1.54) is 20.4 Å². The lowest BCUT2D eigenvalue weighted by atomic mass is 10.1. The second-order valence-electron chi connectivity index (χ2n) is 10.1. The molecule has 2 aromatic rings. The van der Waals surface area contributed by atoms with Crippen LogP contribution >= 0.6 is 0 Å². The molecule has 1 saturated carbocycles. The molecule has 1 saturated heterocycles. The zero-order valence-electron chi connectivity index (χ0n) is 21.6. The summed E-state index contributed by atoms with van der Waals surface area (Å²) in [7, 11) is 2.81. The van der Waals surface area contributed by atoms with Crippen LogP contribution in [0.2, 0.25) is 0 Å². The number of anilines is 4. The van der Waals surface area contributed by atoms with Crippen molar-refractivity contribution < 1.29 is 23.1 Å². The maximum Gasteiger partial charge on any atom is 0.342 e. The molecule has 204 valence electrons. The van der Waals surface area contributed by atoms with Crippen molar-refractivity contribution in [3.05, 3.63) is 30.0 Å². The number of aromatic nitrogens is 2. The highest BCUT2D eigenvalue weighted by Crippen LogP contribution is 2.40. The average molecular weight is 530 g/mol. The monoisotopic (exact) mass is 529 g/mol. The Labute approximate surface area is 220 Å². The van der Waals surface area contributed by atoms with E-state index in [0.717, 1.165) is 56.5 Å². The number of alkyl halides is 2. The lowest BCUT2D eigenvalue weighted by Gasteiger charge is -2.31. The molecule has 3 aliphatic rings. The van der Waals surface area contributed by atoms with Gasteiger partial charge in [-0.05, 0) is 50.4 Å². The van der Waals surface area contributed by atoms with Crippen LogP contribution in [0, 0.1) is 0 Å². The van der Waals surface area contributed by atoms with Crippen molar-refractivity contribution >= 4 is 35.0 Å². The van der Waals surface area contributed by atoms with E-state index in [0.29, 0.717) is 22.8 Å². The minimum absolute atomic E-state index is 0.0771. The van der Waals surface area contributed by atoms with Crippen LogP contribution in [0.5, 0.6) is 5.75 Å². The largest absolute Gasteiger partial charge is 0.495 e. The van der Waals surface area contributed by atoms with E-state index in [4.69, 9.17) is 4.74 Å². The molecule has 1 aromatic carbocycles. The number of ether oxygens (including phenoxy) is 1. The number of nitrogens with zero attached hydrogens (tertiary/aromatic N) is 4. The third-order valence-corrected chi connectivity index (χ3v) is 7.48. The number of rotatable bonds is 6. The molecule has 1 aliphatic carbocycles. The molecule has 0 radical (unpaired) electrons. The van der Waals surface area contributed by atoms with E-state index in [2.05, 4.69) is 25.9 Å². The first-order valence-corrected chi connectivity index (χ1v) is 13.0. The van der Waals surface area contributed by atoms with E-state index < -0.39 is 18.4 Å². The quantitative estimate of drug-likeness (QED) is 0.524. The van der Waals surface area contributed by atoms with Gasteiger partial charge in [0.25, 0.3) is 11.8 Å². The minimum atomic E-state index is -3.54. The molecule has 5 rings (SSSR count). The first kappa shape index (κ1) is 26.1. The number of carbonyl (C=O) groups excluding carboxylic acids is 2. The zero-order valence-corrected chi connectivity index (χ0v) is 21.6. The van der Waals surface area contributed by atoms with Gasteiger partial charge in [0.05, 0.1) is 25.5 Å². The molecule has 38 heavy (non-hydrogen) atoms. The maximum absolute atomic E-state index is 14.8. The highest BCUT2D eigenvalue weighted by Gasteiger charge is 2.48. The predicted molar refractivity (Wildman–Crippen MR) is 140 cm³/mol. The molecule has 2 aliphatic heterocycles. The molecule has 1 atom stereocenters. The second kappa shape index (κ2) is 10.7. The topological polar surface area (TPSA) is 112 Å². The standard InChI is InChI=1S/C26H33F2N7O3/c1-34-20-14-30-25(33-22(20)35(18-7-3-4-8-18)15-26(27,28)24(34)37)32-19-10-9-16(12-21(19)38-2)23(36)31-17-6-5-11-29-13-17/h9-10,12,14,17-18,29H,3-8,11,13,15H2,1-2H3,(H,31,36)(H,30,32,33). The van der Waals surface area contributed by atoms with Gasteiger partial charge in [-0.1, -0.05) is 12.8 Å². The summed E-state index contributed by atoms with van der Waals surface area (Å²) in [5, 5.41) is 9.41. The Morgan fingerprint density at radius 3 is 2.71 bits per heavy atom. The van der Waals surface area contributed by atoms with Crippen LogP contribution < -0.4 is 30.5 Å². The van der Waals surface area contributed by atoms with Crippen molar-refractivity contribution in [3.63, 3.8) is 0 Å². The predicted octanol–water partition coefficient (Wildman–Crippen LogP) is 3.07. The lowest BCUT2D eigenvalue weighted by Crippen LogP contribution is -2.48. The SMILES string of the molecule is COc1cc(C(=O)NC2CCCNC2)ccc1Nc1ncc2c(n1)N(C1CCCC1)CC(F)(F)C(=O)N2C. The first-order valence-electron chi connectivity index (χ1n) is 13.0. The summed E-state index contributed by atoms with van der Waals surface area (Å²) >= 11 is 0. The molecular formula is C26H33F2N7O3. The van der Waals surface area contributed by atoms with Crippen molar-refractivity contribution in [2.75, 3.05) is 48.9 Å². The Bertz CT molecular complexity index is 1200. The van der Waals surface area contributed by atoms with Crippen molar-refractivity contribution in [1.29, 1.82) is 0 Å². The smallest absolute Gasteiger partial charge is 0.342 e. The van der Waals surface area contributed by atoms with E-state index >= 15 is 0 Å². The maximum atomic E-state index is 14.8. The van der Waals surface area contributed by atoms with Crippen LogP contribution in [0.3, 0.4) is 0 Å². The molecule has 12 heteroatoms. The van der Waals surface area contributed by atoms with Gasteiger partial charge in [-0.25, -0.2) is 4.98 Å². The van der Waals surface area contributed by atoms with Crippen LogP contribution in [0.1, 0.15) is 48.9 Å². The van der Waals surface area contributed by atoms with Gasteiger partial charge in [0.15, 0.2) is 5.82 Å². The molecule has 2 amide bonds. The summed E-state index contributed by atoms with van der Waals surface area (Å²) in [5.41, 5.74) is 1.20. The Kier molecular flexibility index (Phi) is 7.33. The third-order valence-electron chi connectivity index (χ3n) is 7.48. The minimum Gasteiger partial charge on any atom is -0.495 e. The Balaban J connectivity index is 1.41. The van der Waals surface area contributed by atoms with Gasteiger partial charge in [-0.3, -0.25) is 9.59 Å². The van der Waals surface area contributed by atoms with Gasteiger partial charge in [-0.15, -0.1) is 0 Å². The number of halogens is 2. The summed E-state index contributed by atoms with van der Waals surface area (Å²) in [5.74, 6) is -4.14. The van der Waals surface area contributed by atoms with Gasteiger partial charge in [0.1, 0.15) is 11.4 Å². The number of hydrogen-bond acceptors (Lipinski definition) is 8. The van der Waals surface area contributed by atoms with Gasteiger partial charge in [-0.2, -0.15) is 13.8 Å². The Morgan fingerprint density at radius 1 is 1.21 bits per heavy atom. The highest BCUT2D eigenvalue weighted by molar-refractivity contribution is 6.02. The van der Waals surface area contributed by atoms with Gasteiger partial charge in [0, 0.05) is 31.2 Å². The number of benzene rings is 1. The fourth-order valence-electron chi connectivity index (χ4n) is 5.40. The number of fused-ring (bicyclic) bond motifs is 1. The van der Waals surface area contributed by atoms with Crippen LogP contribution in [0.15, 0.2) is 24.4 Å². The number of methoxy groups -OCH3 is 1. The van der Waals surface area contributed by atoms with Crippen molar-refractivity contribution in [2.24, 2.45) is 0 Å². The highest BCUT2D eigenvalue weighted by atomic mass is 19.3. The molecule has 10 nitrogen and oxygen atoms in total. The zero-order chi connectivity index (χ0) is 26.9. The summed E-state index contributed by atoms with van der Waals surface area (Å²) in [6.07, 6.45) is 6.72. The van der Waals surface area contributed by atoms with Crippen LogP contribution in [-0.2, 0) is 4.79 Å². The van der Waals surface area contributed by atoms with E-state index in [-0.39, 0.29) is 29.6 Å². The van der Waals surface area contributed by atoms with Gasteiger partial charge in [0.2, 0.25) is 5.95 Å². The first-order chi connectivity index (χ1) is 18.3. The third kappa shape index (κ3) is 5.22. The van der Waals surface area contributed by atoms with E-state index in [9.17, 15) is 18.4 Å². The van der Waals surface area contributed by atoms with Crippen molar-refractivity contribution in [1.82, 2.24) is 20.6 Å². The second-order valence-corrected chi connectivity index (χ2v) is 10.1. The summed E-state index contributed by atoms with van der Waals surface area (Å²) in [6.45, 7) is 0.968. The molecular weight excluding hydrogens is 496 g/mol. The summed E-state index contributed by atoms with van der Waals surface area (Å²) < 4.78 is 35.2.